The fourth-order valence-electron chi connectivity index (χ4n) is 1.66. The quantitative estimate of drug-likeness (QED) is 0.699. The topological polar surface area (TPSA) is 64.1 Å². The molecular formula is C9H15N3O. The Kier molecular flexibility index (Phi) is 1.89. The zero-order valence-electron chi connectivity index (χ0n) is 7.77. The second-order valence-electron chi connectivity index (χ2n) is 3.87. The highest BCUT2D eigenvalue weighted by Gasteiger charge is 2.49. The van der Waals surface area contributed by atoms with E-state index in [1.165, 1.54) is 0 Å². The molecule has 4 heteroatoms. The molecule has 1 atom stereocenters. The minimum atomic E-state index is -0.502. The Morgan fingerprint density at radius 1 is 1.77 bits per heavy atom. The van der Waals surface area contributed by atoms with Gasteiger partial charge >= 0.3 is 0 Å². The van der Waals surface area contributed by atoms with Crippen LogP contribution in [-0.2, 0) is 7.05 Å². The maximum absolute atomic E-state index is 10.0. The van der Waals surface area contributed by atoms with Gasteiger partial charge in [0.05, 0.1) is 0 Å². The van der Waals surface area contributed by atoms with Gasteiger partial charge in [0.25, 0.3) is 0 Å². The highest BCUT2D eigenvalue weighted by Crippen LogP contribution is 2.53. The number of aromatic nitrogens is 2. The van der Waals surface area contributed by atoms with Gasteiger partial charge in [-0.25, -0.2) is 4.98 Å². The molecule has 1 aliphatic rings. The van der Waals surface area contributed by atoms with Crippen LogP contribution in [0.1, 0.15) is 24.8 Å². The van der Waals surface area contributed by atoms with Crippen LogP contribution >= 0.6 is 0 Å². The Hall–Kier alpha value is -0.870. The minimum Gasteiger partial charge on any atom is -0.385 e. The summed E-state index contributed by atoms with van der Waals surface area (Å²) in [5, 5.41) is 10.0. The van der Waals surface area contributed by atoms with Crippen molar-refractivity contribution in [2.45, 2.75) is 18.9 Å². The fraction of sp³-hybridized carbons (Fsp3) is 0.667. The molecule has 4 nitrogen and oxygen atoms in total. The molecule has 0 saturated heterocycles. The summed E-state index contributed by atoms with van der Waals surface area (Å²) in [6.45, 7) is 0.543. The molecule has 0 aromatic carbocycles. The van der Waals surface area contributed by atoms with Gasteiger partial charge in [0, 0.05) is 31.4 Å². The van der Waals surface area contributed by atoms with E-state index in [0.29, 0.717) is 6.54 Å². The molecule has 13 heavy (non-hydrogen) atoms. The molecule has 0 amide bonds. The number of nitrogens with zero attached hydrogens (tertiary/aromatic N) is 2. The van der Waals surface area contributed by atoms with E-state index in [0.717, 1.165) is 18.7 Å². The number of nitrogens with two attached hydrogens (primary N) is 1. The average molecular weight is 181 g/mol. The first kappa shape index (κ1) is 8.72. The molecule has 0 spiro atoms. The van der Waals surface area contributed by atoms with Crippen LogP contribution in [0.15, 0.2) is 12.4 Å². The van der Waals surface area contributed by atoms with Crippen LogP contribution in [0.2, 0.25) is 0 Å². The lowest BCUT2D eigenvalue weighted by molar-refractivity contribution is 0.0863. The molecule has 0 aliphatic heterocycles. The third kappa shape index (κ3) is 1.26. The lowest BCUT2D eigenvalue weighted by atomic mass is 9.99. The molecule has 1 aromatic rings. The molecule has 1 aliphatic carbocycles. The fourth-order valence-corrected chi connectivity index (χ4v) is 1.66. The molecule has 1 unspecified atom stereocenters. The third-order valence-electron chi connectivity index (χ3n) is 2.98. The second kappa shape index (κ2) is 2.82. The Morgan fingerprint density at radius 3 is 2.85 bits per heavy atom. The van der Waals surface area contributed by atoms with Crippen molar-refractivity contribution in [3.8, 4) is 0 Å². The van der Waals surface area contributed by atoms with Gasteiger partial charge in [-0.15, -0.1) is 0 Å². The third-order valence-corrected chi connectivity index (χ3v) is 2.98. The van der Waals surface area contributed by atoms with Crippen LogP contribution in [0.4, 0.5) is 0 Å². The summed E-state index contributed by atoms with van der Waals surface area (Å²) in [5.74, 6) is 0.725. The molecular weight excluding hydrogens is 166 g/mol. The van der Waals surface area contributed by atoms with Crippen molar-refractivity contribution < 1.29 is 5.11 Å². The van der Waals surface area contributed by atoms with E-state index in [1.807, 2.05) is 17.8 Å². The van der Waals surface area contributed by atoms with Crippen molar-refractivity contribution in [3.63, 3.8) is 0 Å². The highest BCUT2D eigenvalue weighted by atomic mass is 16.3. The summed E-state index contributed by atoms with van der Waals surface area (Å²) in [5.41, 5.74) is 5.54. The van der Waals surface area contributed by atoms with E-state index in [4.69, 9.17) is 5.73 Å². The van der Waals surface area contributed by atoms with E-state index in [1.54, 1.807) is 6.20 Å². The Bertz CT molecular complexity index is 304. The van der Waals surface area contributed by atoms with E-state index >= 15 is 0 Å². The van der Waals surface area contributed by atoms with Crippen LogP contribution in [0.3, 0.4) is 0 Å². The normalized spacial score (nSPS) is 21.5. The SMILES string of the molecule is Cn1ccnc1C(O)C1(CN)CC1. The van der Waals surface area contributed by atoms with Crippen molar-refractivity contribution in [3.05, 3.63) is 18.2 Å². The monoisotopic (exact) mass is 181 g/mol. The summed E-state index contributed by atoms with van der Waals surface area (Å²) < 4.78 is 1.85. The Morgan fingerprint density at radius 2 is 2.46 bits per heavy atom. The number of hydrogen-bond donors (Lipinski definition) is 2. The van der Waals surface area contributed by atoms with Crippen LogP contribution in [0, 0.1) is 5.41 Å². The van der Waals surface area contributed by atoms with Gasteiger partial charge in [-0.3, -0.25) is 0 Å². The maximum atomic E-state index is 10.0. The lowest BCUT2D eigenvalue weighted by Crippen LogP contribution is -2.25. The zero-order chi connectivity index (χ0) is 9.47. The standard InChI is InChI=1S/C9H15N3O/c1-12-5-4-11-8(12)7(13)9(6-10)2-3-9/h4-5,7,13H,2-3,6,10H2,1H3. The van der Waals surface area contributed by atoms with Gasteiger partial charge in [0.1, 0.15) is 11.9 Å². The van der Waals surface area contributed by atoms with Crippen LogP contribution in [0.5, 0.6) is 0 Å². The molecule has 72 valence electrons. The molecule has 0 radical (unpaired) electrons. The Labute approximate surface area is 77.4 Å². The summed E-state index contributed by atoms with van der Waals surface area (Å²) in [7, 11) is 1.89. The van der Waals surface area contributed by atoms with Gasteiger partial charge in [-0.05, 0) is 12.8 Å². The van der Waals surface area contributed by atoms with Gasteiger partial charge in [0.15, 0.2) is 0 Å². The predicted octanol–water partition coefficient (Wildman–Crippen LogP) is 0.192. The van der Waals surface area contributed by atoms with Crippen molar-refractivity contribution in [1.82, 2.24) is 9.55 Å². The summed E-state index contributed by atoms with van der Waals surface area (Å²) in [6.07, 6.45) is 5.06. The number of aryl methyl sites for hydroxylation is 1. The molecule has 1 heterocycles. The average Bonchev–Trinajstić information content (AvgIpc) is 2.83. The van der Waals surface area contributed by atoms with E-state index < -0.39 is 6.10 Å². The number of aliphatic hydroxyl groups excluding tert-OH is 1. The summed E-state index contributed by atoms with van der Waals surface area (Å²) >= 11 is 0. The zero-order valence-corrected chi connectivity index (χ0v) is 7.77. The lowest BCUT2D eigenvalue weighted by Gasteiger charge is -2.19. The van der Waals surface area contributed by atoms with Gasteiger partial charge in [-0.2, -0.15) is 0 Å². The smallest absolute Gasteiger partial charge is 0.137 e. The number of aliphatic hydroxyl groups is 1. The van der Waals surface area contributed by atoms with Crippen LogP contribution < -0.4 is 5.73 Å². The van der Waals surface area contributed by atoms with Gasteiger partial charge in [0.2, 0.25) is 0 Å². The molecule has 3 N–H and O–H groups in total. The molecule has 1 saturated carbocycles. The van der Waals surface area contributed by atoms with Gasteiger partial charge < -0.3 is 15.4 Å². The number of rotatable bonds is 3. The van der Waals surface area contributed by atoms with Crippen molar-refractivity contribution in [2.24, 2.45) is 18.2 Å². The van der Waals surface area contributed by atoms with E-state index in [-0.39, 0.29) is 5.41 Å². The largest absolute Gasteiger partial charge is 0.385 e. The summed E-state index contributed by atoms with van der Waals surface area (Å²) in [4.78, 5) is 4.13. The number of imidazole rings is 1. The highest BCUT2D eigenvalue weighted by molar-refractivity contribution is 5.09. The van der Waals surface area contributed by atoms with Gasteiger partial charge in [-0.1, -0.05) is 0 Å². The van der Waals surface area contributed by atoms with Crippen LogP contribution in [-0.4, -0.2) is 21.2 Å². The first-order chi connectivity index (χ1) is 6.19. The minimum absolute atomic E-state index is 0.0842. The first-order valence-electron chi connectivity index (χ1n) is 4.55. The molecule has 1 fully saturated rings. The maximum Gasteiger partial charge on any atom is 0.137 e. The molecule has 0 bridgehead atoms. The van der Waals surface area contributed by atoms with E-state index in [9.17, 15) is 5.11 Å². The summed E-state index contributed by atoms with van der Waals surface area (Å²) in [6, 6.07) is 0. The Balaban J connectivity index is 2.22. The van der Waals surface area contributed by atoms with Crippen LogP contribution in [0.25, 0.3) is 0 Å². The molecule has 2 rings (SSSR count). The van der Waals surface area contributed by atoms with E-state index in [2.05, 4.69) is 4.98 Å². The van der Waals surface area contributed by atoms with Crippen molar-refractivity contribution in [1.29, 1.82) is 0 Å². The first-order valence-corrected chi connectivity index (χ1v) is 4.55. The van der Waals surface area contributed by atoms with Crippen molar-refractivity contribution >= 4 is 0 Å². The molecule has 1 aromatic heterocycles. The van der Waals surface area contributed by atoms with Crippen molar-refractivity contribution in [2.75, 3.05) is 6.54 Å². The predicted molar refractivity (Wildman–Crippen MR) is 48.9 cm³/mol. The second-order valence-corrected chi connectivity index (χ2v) is 3.87. The number of hydrogen-bond acceptors (Lipinski definition) is 3.